The van der Waals surface area contributed by atoms with Crippen LogP contribution >= 0.6 is 0 Å². The van der Waals surface area contributed by atoms with E-state index in [0.29, 0.717) is 5.76 Å². The average molecular weight is 372 g/mol. The van der Waals surface area contributed by atoms with Gasteiger partial charge >= 0.3 is 6.18 Å². The summed E-state index contributed by atoms with van der Waals surface area (Å²) in [6.45, 7) is 2.00. The number of aromatic nitrogens is 2. The van der Waals surface area contributed by atoms with Crippen LogP contribution in [0.5, 0.6) is 0 Å². The van der Waals surface area contributed by atoms with Gasteiger partial charge in [-0.3, -0.25) is 4.79 Å². The molecule has 0 saturated heterocycles. The van der Waals surface area contributed by atoms with Crippen molar-refractivity contribution in [3.8, 4) is 0 Å². The third-order valence-electron chi connectivity index (χ3n) is 4.10. The van der Waals surface area contributed by atoms with E-state index in [1.54, 1.807) is 19.1 Å². The fraction of sp³-hybridized carbons (Fsp3) is 0.500. The molecule has 1 amide bonds. The zero-order chi connectivity index (χ0) is 18.9. The van der Waals surface area contributed by atoms with Gasteiger partial charge in [-0.05, 0) is 19.1 Å². The van der Waals surface area contributed by atoms with Crippen LogP contribution in [0.2, 0.25) is 0 Å². The van der Waals surface area contributed by atoms with Crippen LogP contribution < -0.4 is 10.6 Å². The van der Waals surface area contributed by atoms with Crippen molar-refractivity contribution in [3.63, 3.8) is 0 Å². The molecule has 2 aromatic heterocycles. The van der Waals surface area contributed by atoms with Crippen molar-refractivity contribution in [3.05, 3.63) is 35.9 Å². The molecule has 3 heterocycles. The summed E-state index contributed by atoms with van der Waals surface area (Å²) in [5, 5.41) is 9.47. The van der Waals surface area contributed by atoms with Crippen LogP contribution in [0.15, 0.2) is 28.9 Å². The molecule has 3 rings (SSSR count). The molecular formula is C16H19F3N4O3. The van der Waals surface area contributed by atoms with E-state index in [1.807, 2.05) is 0 Å². The van der Waals surface area contributed by atoms with Crippen molar-refractivity contribution in [2.75, 3.05) is 19.0 Å². The number of carbonyl (C=O) groups is 1. The minimum Gasteiger partial charge on any atom is -0.467 e. The normalized spacial score (nSPS) is 21.0. The molecule has 10 heteroatoms. The lowest BCUT2D eigenvalue weighted by molar-refractivity contribution is -0.174. The molecule has 7 nitrogen and oxygen atoms in total. The summed E-state index contributed by atoms with van der Waals surface area (Å²) in [6.07, 6.45) is -3.39. The predicted molar refractivity (Wildman–Crippen MR) is 85.8 cm³/mol. The highest BCUT2D eigenvalue weighted by Crippen LogP contribution is 2.43. The lowest BCUT2D eigenvalue weighted by Crippen LogP contribution is -2.37. The summed E-state index contributed by atoms with van der Waals surface area (Å²) in [5.74, 6) is -0.0512. The van der Waals surface area contributed by atoms with Gasteiger partial charge in [0.05, 0.1) is 18.9 Å². The minimum absolute atomic E-state index is 0.0928. The molecule has 3 atom stereocenters. The SMILES string of the molecule is COC[C@H](C)NC(=O)c1cc2n(n1)[C@@H](C(F)(F)F)C[C@@H](c1ccco1)N2. The Bertz CT molecular complexity index is 757. The van der Waals surface area contributed by atoms with Gasteiger partial charge in [0.2, 0.25) is 0 Å². The quantitative estimate of drug-likeness (QED) is 0.844. The molecule has 0 unspecified atom stereocenters. The largest absolute Gasteiger partial charge is 0.467 e. The molecule has 0 aromatic carbocycles. The Morgan fingerprint density at radius 3 is 2.96 bits per heavy atom. The van der Waals surface area contributed by atoms with Gasteiger partial charge < -0.3 is 19.8 Å². The number of fused-ring (bicyclic) bond motifs is 1. The number of hydrogen-bond acceptors (Lipinski definition) is 5. The highest BCUT2D eigenvalue weighted by atomic mass is 19.4. The van der Waals surface area contributed by atoms with Crippen LogP contribution in [0.4, 0.5) is 19.0 Å². The van der Waals surface area contributed by atoms with Crippen LogP contribution in [0.1, 0.15) is 41.7 Å². The summed E-state index contributed by atoms with van der Waals surface area (Å²) < 4.78 is 51.5. The first-order chi connectivity index (χ1) is 12.3. The maximum absolute atomic E-state index is 13.5. The van der Waals surface area contributed by atoms with Gasteiger partial charge in [0.15, 0.2) is 11.7 Å². The number of hydrogen-bond donors (Lipinski definition) is 2. The van der Waals surface area contributed by atoms with Gasteiger partial charge in [0.1, 0.15) is 11.6 Å². The van der Waals surface area contributed by atoms with E-state index in [4.69, 9.17) is 9.15 Å². The van der Waals surface area contributed by atoms with E-state index >= 15 is 0 Å². The number of methoxy groups -OCH3 is 1. The molecule has 0 saturated carbocycles. The number of rotatable bonds is 5. The molecule has 0 bridgehead atoms. The molecule has 0 aliphatic carbocycles. The summed E-state index contributed by atoms with van der Waals surface area (Å²) in [6, 6.07) is 1.71. The van der Waals surface area contributed by atoms with Gasteiger partial charge in [0.25, 0.3) is 5.91 Å². The van der Waals surface area contributed by atoms with E-state index in [1.165, 1.54) is 19.4 Å². The number of amides is 1. The number of nitrogens with one attached hydrogen (secondary N) is 2. The second kappa shape index (κ2) is 7.02. The topological polar surface area (TPSA) is 81.3 Å². The van der Waals surface area contributed by atoms with Crippen molar-refractivity contribution in [2.45, 2.75) is 37.6 Å². The number of anilines is 1. The molecule has 0 radical (unpaired) electrons. The maximum Gasteiger partial charge on any atom is 0.410 e. The van der Waals surface area contributed by atoms with Crippen molar-refractivity contribution in [2.24, 2.45) is 0 Å². The molecule has 2 aromatic rings. The highest BCUT2D eigenvalue weighted by molar-refractivity contribution is 5.93. The van der Waals surface area contributed by atoms with Gasteiger partial charge in [-0.25, -0.2) is 4.68 Å². The minimum atomic E-state index is -4.51. The van der Waals surface area contributed by atoms with Crippen molar-refractivity contribution in [1.82, 2.24) is 15.1 Å². The zero-order valence-electron chi connectivity index (χ0n) is 14.2. The van der Waals surface area contributed by atoms with E-state index in [0.717, 1.165) is 4.68 Å². The number of furan rings is 1. The third kappa shape index (κ3) is 3.69. The third-order valence-corrected chi connectivity index (χ3v) is 4.10. The number of carbonyl (C=O) groups excluding carboxylic acids is 1. The van der Waals surface area contributed by atoms with Crippen LogP contribution in [-0.2, 0) is 4.74 Å². The zero-order valence-corrected chi connectivity index (χ0v) is 14.2. The Balaban J connectivity index is 1.88. The van der Waals surface area contributed by atoms with Gasteiger partial charge in [-0.2, -0.15) is 18.3 Å². The van der Waals surface area contributed by atoms with Crippen molar-refractivity contribution >= 4 is 11.7 Å². The molecule has 2 N–H and O–H groups in total. The highest BCUT2D eigenvalue weighted by Gasteiger charge is 2.47. The second-order valence-electron chi connectivity index (χ2n) is 6.19. The van der Waals surface area contributed by atoms with Gasteiger partial charge in [-0.1, -0.05) is 0 Å². The average Bonchev–Trinajstić information content (AvgIpc) is 3.22. The molecule has 142 valence electrons. The molecule has 0 fully saturated rings. The first-order valence-electron chi connectivity index (χ1n) is 8.05. The standard InChI is InChI=1S/C16H19F3N4O3/c1-9(8-25-2)20-15(24)11-7-14-21-10(12-4-3-5-26-12)6-13(16(17,18)19)23(14)22-11/h3-5,7,9-10,13,21H,6,8H2,1-2H3,(H,20,24)/t9-,10-,13+/m0/s1. The van der Waals surface area contributed by atoms with E-state index in [9.17, 15) is 18.0 Å². The molecular weight excluding hydrogens is 353 g/mol. The van der Waals surface area contributed by atoms with Crippen molar-refractivity contribution < 1.29 is 27.1 Å². The molecule has 1 aliphatic heterocycles. The van der Waals surface area contributed by atoms with Gasteiger partial charge in [-0.15, -0.1) is 0 Å². The summed E-state index contributed by atoms with van der Waals surface area (Å²) in [5.41, 5.74) is -0.0928. The fourth-order valence-corrected chi connectivity index (χ4v) is 2.95. The Kier molecular flexibility index (Phi) is 4.94. The Labute approximate surface area is 147 Å². The predicted octanol–water partition coefficient (Wildman–Crippen LogP) is 2.90. The van der Waals surface area contributed by atoms with Crippen LogP contribution in [0.3, 0.4) is 0 Å². The monoisotopic (exact) mass is 372 g/mol. The van der Waals surface area contributed by atoms with Crippen LogP contribution in [0, 0.1) is 0 Å². The number of nitrogens with zero attached hydrogens (tertiary/aromatic N) is 2. The fourth-order valence-electron chi connectivity index (χ4n) is 2.95. The summed E-state index contributed by atoms with van der Waals surface area (Å²) in [4.78, 5) is 12.2. The first kappa shape index (κ1) is 18.3. The number of halogens is 3. The molecule has 26 heavy (non-hydrogen) atoms. The van der Waals surface area contributed by atoms with Gasteiger partial charge in [0, 0.05) is 25.6 Å². The van der Waals surface area contributed by atoms with Crippen LogP contribution in [0.25, 0.3) is 0 Å². The van der Waals surface area contributed by atoms with E-state index < -0.39 is 24.2 Å². The smallest absolute Gasteiger partial charge is 0.410 e. The second-order valence-corrected chi connectivity index (χ2v) is 6.19. The number of alkyl halides is 3. The first-order valence-corrected chi connectivity index (χ1v) is 8.05. The molecule has 1 aliphatic rings. The lowest BCUT2D eigenvalue weighted by atomic mass is 10.0. The Morgan fingerprint density at radius 2 is 2.35 bits per heavy atom. The summed E-state index contributed by atoms with van der Waals surface area (Å²) >= 11 is 0. The lowest BCUT2D eigenvalue weighted by Gasteiger charge is -2.32. The Morgan fingerprint density at radius 1 is 1.58 bits per heavy atom. The van der Waals surface area contributed by atoms with E-state index in [-0.39, 0.29) is 30.6 Å². The maximum atomic E-state index is 13.5. The van der Waals surface area contributed by atoms with Crippen LogP contribution in [-0.4, -0.2) is 41.6 Å². The summed E-state index contributed by atoms with van der Waals surface area (Å²) in [7, 11) is 1.49. The molecule has 0 spiro atoms. The van der Waals surface area contributed by atoms with Crippen molar-refractivity contribution in [1.29, 1.82) is 0 Å². The Hall–Kier alpha value is -2.49. The number of ether oxygens (including phenoxy) is 1. The van der Waals surface area contributed by atoms with E-state index in [2.05, 4.69) is 15.7 Å².